The second-order valence-corrected chi connectivity index (χ2v) is 4.72. The van der Waals surface area contributed by atoms with Gasteiger partial charge in [0.05, 0.1) is 11.7 Å². The molecule has 0 aliphatic carbocycles. The molecule has 3 N–H and O–H groups in total. The van der Waals surface area contributed by atoms with Crippen LogP contribution in [-0.4, -0.2) is 18.7 Å². The lowest BCUT2D eigenvalue weighted by Crippen LogP contribution is -2.05. The van der Waals surface area contributed by atoms with Crippen LogP contribution in [-0.2, 0) is 6.54 Å². The largest absolute Gasteiger partial charge is 0.368 e. The average molecular weight is 272 g/mol. The van der Waals surface area contributed by atoms with Gasteiger partial charge in [0.1, 0.15) is 16.9 Å². The minimum Gasteiger partial charge on any atom is -0.368 e. The summed E-state index contributed by atoms with van der Waals surface area (Å²) in [6.45, 7) is 2.54. The summed E-state index contributed by atoms with van der Waals surface area (Å²) < 4.78 is 8.39. The van der Waals surface area contributed by atoms with Gasteiger partial charge in [0.2, 0.25) is 5.95 Å². The Morgan fingerprint density at radius 2 is 2.00 bits per heavy atom. The van der Waals surface area contributed by atoms with Gasteiger partial charge < -0.3 is 11.1 Å². The van der Waals surface area contributed by atoms with Gasteiger partial charge in [-0.15, -0.1) is 0 Å². The molecule has 0 fully saturated rings. The van der Waals surface area contributed by atoms with Crippen molar-refractivity contribution in [2.75, 3.05) is 11.1 Å². The lowest BCUT2D eigenvalue weighted by molar-refractivity contribution is 1.07. The summed E-state index contributed by atoms with van der Waals surface area (Å²) in [6.07, 6.45) is 0. The van der Waals surface area contributed by atoms with Crippen LogP contribution in [0.1, 0.15) is 11.3 Å². The van der Waals surface area contributed by atoms with Crippen molar-refractivity contribution in [3.8, 4) is 0 Å². The molecule has 2 aromatic heterocycles. The van der Waals surface area contributed by atoms with Gasteiger partial charge in [-0.1, -0.05) is 6.07 Å². The number of nitrogens with zero attached hydrogens (tertiary/aromatic N) is 4. The van der Waals surface area contributed by atoms with E-state index < -0.39 is 0 Å². The van der Waals surface area contributed by atoms with E-state index in [-0.39, 0.29) is 5.95 Å². The van der Waals surface area contributed by atoms with Gasteiger partial charge >= 0.3 is 0 Å². The van der Waals surface area contributed by atoms with E-state index >= 15 is 0 Å². The number of fused-ring (bicyclic) bond motifs is 1. The number of aromatic nitrogens is 4. The molecule has 19 heavy (non-hydrogen) atoms. The molecule has 6 nitrogen and oxygen atoms in total. The van der Waals surface area contributed by atoms with E-state index in [1.54, 1.807) is 0 Å². The normalized spacial score (nSPS) is 10.8. The minimum atomic E-state index is 0.279. The summed E-state index contributed by atoms with van der Waals surface area (Å²) in [5.41, 5.74) is 9.42. The number of hydrogen-bond acceptors (Lipinski definition) is 7. The Morgan fingerprint density at radius 1 is 1.16 bits per heavy atom. The van der Waals surface area contributed by atoms with Crippen LogP contribution in [0, 0.1) is 6.92 Å². The molecular formula is C12H12N6S. The summed E-state index contributed by atoms with van der Waals surface area (Å²) in [5, 5.41) is 3.22. The first kappa shape index (κ1) is 11.8. The molecule has 0 radical (unpaired) electrons. The maximum absolute atomic E-state index is 5.61. The number of nitrogens with one attached hydrogen (secondary N) is 1. The van der Waals surface area contributed by atoms with Crippen LogP contribution >= 0.6 is 11.7 Å². The molecule has 3 rings (SSSR count). The van der Waals surface area contributed by atoms with Gasteiger partial charge in [-0.3, -0.25) is 0 Å². The molecule has 2 heterocycles. The first-order valence-corrected chi connectivity index (χ1v) is 6.50. The zero-order chi connectivity index (χ0) is 13.2. The third kappa shape index (κ3) is 2.60. The Bertz CT molecular complexity index is 703. The molecule has 3 aromatic rings. The first-order chi connectivity index (χ1) is 9.20. The number of rotatable bonds is 3. The number of hydrogen-bond donors (Lipinski definition) is 2. The quantitative estimate of drug-likeness (QED) is 0.757. The van der Waals surface area contributed by atoms with E-state index in [4.69, 9.17) is 5.73 Å². The lowest BCUT2D eigenvalue weighted by Gasteiger charge is -2.06. The van der Waals surface area contributed by atoms with Crippen molar-refractivity contribution in [2.24, 2.45) is 0 Å². The zero-order valence-corrected chi connectivity index (χ0v) is 11.1. The SMILES string of the molecule is Cc1cc(NCc2ccc3nsnc3c2)nc(N)n1. The number of benzene rings is 1. The monoisotopic (exact) mass is 272 g/mol. The Morgan fingerprint density at radius 3 is 2.84 bits per heavy atom. The van der Waals surface area contributed by atoms with Crippen LogP contribution in [0.25, 0.3) is 11.0 Å². The van der Waals surface area contributed by atoms with Crippen molar-refractivity contribution in [1.82, 2.24) is 18.7 Å². The summed E-state index contributed by atoms with van der Waals surface area (Å²) in [4.78, 5) is 8.16. The van der Waals surface area contributed by atoms with E-state index in [1.165, 1.54) is 11.7 Å². The molecule has 0 atom stereocenters. The highest BCUT2D eigenvalue weighted by atomic mass is 32.1. The number of nitrogens with two attached hydrogens (primary N) is 1. The fraction of sp³-hybridized carbons (Fsp3) is 0.167. The molecule has 0 saturated heterocycles. The van der Waals surface area contributed by atoms with Crippen LogP contribution in [0.15, 0.2) is 24.3 Å². The summed E-state index contributed by atoms with van der Waals surface area (Å²) in [7, 11) is 0. The standard InChI is InChI=1S/C12H12N6S/c1-7-4-11(16-12(13)15-7)14-6-8-2-3-9-10(5-8)18-19-17-9/h2-5H,6H2,1H3,(H3,13,14,15,16). The number of aryl methyl sites for hydroxylation is 1. The van der Waals surface area contributed by atoms with Gasteiger partial charge in [0, 0.05) is 18.3 Å². The molecule has 0 bridgehead atoms. The van der Waals surface area contributed by atoms with Gasteiger partial charge in [0.15, 0.2) is 0 Å². The Kier molecular flexibility index (Phi) is 2.96. The maximum atomic E-state index is 5.61. The van der Waals surface area contributed by atoms with Crippen molar-refractivity contribution in [3.05, 3.63) is 35.5 Å². The van der Waals surface area contributed by atoms with E-state index in [0.717, 1.165) is 28.1 Å². The molecular weight excluding hydrogens is 260 g/mol. The molecule has 96 valence electrons. The Balaban J connectivity index is 1.77. The molecule has 0 aliphatic heterocycles. The lowest BCUT2D eigenvalue weighted by atomic mass is 10.2. The van der Waals surface area contributed by atoms with E-state index in [2.05, 4.69) is 24.0 Å². The van der Waals surface area contributed by atoms with Gasteiger partial charge in [-0.25, -0.2) is 4.98 Å². The van der Waals surface area contributed by atoms with Crippen molar-refractivity contribution in [3.63, 3.8) is 0 Å². The van der Waals surface area contributed by atoms with E-state index in [1.807, 2.05) is 31.2 Å². The first-order valence-electron chi connectivity index (χ1n) is 5.77. The highest BCUT2D eigenvalue weighted by molar-refractivity contribution is 7.00. The van der Waals surface area contributed by atoms with Crippen molar-refractivity contribution in [1.29, 1.82) is 0 Å². The zero-order valence-electron chi connectivity index (χ0n) is 10.3. The van der Waals surface area contributed by atoms with E-state index in [0.29, 0.717) is 6.54 Å². The Hall–Kier alpha value is -2.28. The highest BCUT2D eigenvalue weighted by Gasteiger charge is 2.02. The maximum Gasteiger partial charge on any atom is 0.222 e. The summed E-state index contributed by atoms with van der Waals surface area (Å²) in [6, 6.07) is 7.87. The van der Waals surface area contributed by atoms with Crippen molar-refractivity contribution in [2.45, 2.75) is 13.5 Å². The second-order valence-electron chi connectivity index (χ2n) is 4.19. The molecule has 0 saturated carbocycles. The topological polar surface area (TPSA) is 89.6 Å². The summed E-state index contributed by atoms with van der Waals surface area (Å²) in [5.74, 6) is 1.00. The second kappa shape index (κ2) is 4.77. The Labute approximate surface area is 114 Å². The summed E-state index contributed by atoms with van der Waals surface area (Å²) >= 11 is 1.22. The van der Waals surface area contributed by atoms with Crippen molar-refractivity contribution < 1.29 is 0 Å². The molecule has 0 spiro atoms. The van der Waals surface area contributed by atoms with Gasteiger partial charge in [0.25, 0.3) is 0 Å². The predicted octanol–water partition coefficient (Wildman–Crippen LogP) is 1.98. The highest BCUT2D eigenvalue weighted by Crippen LogP contribution is 2.15. The van der Waals surface area contributed by atoms with Crippen LogP contribution in [0.5, 0.6) is 0 Å². The molecule has 0 amide bonds. The van der Waals surface area contributed by atoms with E-state index in [9.17, 15) is 0 Å². The molecule has 1 aromatic carbocycles. The third-order valence-electron chi connectivity index (χ3n) is 2.66. The van der Waals surface area contributed by atoms with Crippen molar-refractivity contribution >= 4 is 34.5 Å². The molecule has 0 aliphatic rings. The molecule has 0 unspecified atom stereocenters. The van der Waals surface area contributed by atoms with Crippen LogP contribution in [0.3, 0.4) is 0 Å². The number of anilines is 2. The van der Waals surface area contributed by atoms with Crippen LogP contribution < -0.4 is 11.1 Å². The molecule has 7 heteroatoms. The number of nitrogen functional groups attached to an aromatic ring is 1. The fourth-order valence-electron chi connectivity index (χ4n) is 1.81. The average Bonchev–Trinajstić information content (AvgIpc) is 2.82. The predicted molar refractivity (Wildman–Crippen MR) is 75.9 cm³/mol. The third-order valence-corrected chi connectivity index (χ3v) is 3.22. The van der Waals surface area contributed by atoms with Crippen LogP contribution in [0.4, 0.5) is 11.8 Å². The van der Waals surface area contributed by atoms with Crippen LogP contribution in [0.2, 0.25) is 0 Å². The smallest absolute Gasteiger partial charge is 0.222 e. The van der Waals surface area contributed by atoms with Gasteiger partial charge in [-0.05, 0) is 24.6 Å². The minimum absolute atomic E-state index is 0.279. The fourth-order valence-corrected chi connectivity index (χ4v) is 2.33. The van der Waals surface area contributed by atoms with Gasteiger partial charge in [-0.2, -0.15) is 13.7 Å².